The van der Waals surface area contributed by atoms with Crippen LogP contribution in [0.2, 0.25) is 0 Å². The highest BCUT2D eigenvalue weighted by molar-refractivity contribution is 7.10. The van der Waals surface area contributed by atoms with E-state index in [-0.39, 0.29) is 17.9 Å². The van der Waals surface area contributed by atoms with Gasteiger partial charge in [0.2, 0.25) is 5.91 Å². The molecule has 1 aromatic rings. The number of thiophene rings is 1. The Bertz CT molecular complexity index is 569. The molecule has 114 valence electrons. The maximum absolute atomic E-state index is 12.9. The van der Waals surface area contributed by atoms with E-state index in [0.717, 1.165) is 24.8 Å². The minimum absolute atomic E-state index is 0.0315. The number of carbonyl (C=O) groups is 2. The molecule has 2 amide bonds. The van der Waals surface area contributed by atoms with E-state index >= 15 is 0 Å². The molecule has 2 atom stereocenters. The predicted molar refractivity (Wildman–Crippen MR) is 82.4 cm³/mol. The van der Waals surface area contributed by atoms with E-state index in [2.05, 4.69) is 5.32 Å². The molecule has 0 bridgehead atoms. The van der Waals surface area contributed by atoms with Gasteiger partial charge in [0.15, 0.2) is 0 Å². The Balaban J connectivity index is 1.87. The van der Waals surface area contributed by atoms with Gasteiger partial charge >= 0.3 is 0 Å². The molecule has 1 aliphatic carbocycles. The van der Waals surface area contributed by atoms with Gasteiger partial charge in [0.05, 0.1) is 5.56 Å². The number of amides is 2. The van der Waals surface area contributed by atoms with Crippen molar-refractivity contribution in [2.24, 2.45) is 5.73 Å². The number of fused-ring (bicyclic) bond motifs is 1. The molecule has 0 radical (unpaired) electrons. The molecule has 6 heteroatoms. The Labute approximate surface area is 128 Å². The normalized spacial score (nSPS) is 24.8. The number of aryl methyl sites for hydroxylation is 1. The van der Waals surface area contributed by atoms with E-state index in [0.29, 0.717) is 13.0 Å². The summed E-state index contributed by atoms with van der Waals surface area (Å²) in [6, 6.07) is -0.553. The van der Waals surface area contributed by atoms with E-state index in [4.69, 9.17) is 5.73 Å². The summed E-state index contributed by atoms with van der Waals surface area (Å²) >= 11 is 1.68. The molecule has 0 unspecified atom stereocenters. The van der Waals surface area contributed by atoms with Crippen LogP contribution in [0.3, 0.4) is 0 Å². The molecule has 2 aliphatic rings. The lowest BCUT2D eigenvalue weighted by molar-refractivity contribution is -0.124. The van der Waals surface area contributed by atoms with E-state index in [1.54, 1.807) is 23.3 Å². The van der Waals surface area contributed by atoms with Crippen LogP contribution in [0.25, 0.3) is 0 Å². The van der Waals surface area contributed by atoms with Crippen LogP contribution in [-0.2, 0) is 17.6 Å². The van der Waals surface area contributed by atoms with Crippen LogP contribution in [0.4, 0.5) is 0 Å². The summed E-state index contributed by atoms with van der Waals surface area (Å²) in [7, 11) is 1.60. The number of carbonyl (C=O) groups excluding carboxylic acids is 2. The molecule has 1 aromatic heterocycles. The molecule has 3 N–H and O–H groups in total. The van der Waals surface area contributed by atoms with Gasteiger partial charge < -0.3 is 16.0 Å². The van der Waals surface area contributed by atoms with Crippen molar-refractivity contribution < 1.29 is 9.59 Å². The number of nitrogens with zero attached hydrogens (tertiary/aromatic N) is 1. The highest BCUT2D eigenvalue weighted by Crippen LogP contribution is 2.32. The van der Waals surface area contributed by atoms with Crippen molar-refractivity contribution in [2.45, 2.75) is 44.2 Å². The third kappa shape index (κ3) is 2.58. The molecule has 1 aliphatic heterocycles. The number of hydrogen-bond acceptors (Lipinski definition) is 4. The molecule has 0 saturated carbocycles. The van der Waals surface area contributed by atoms with Crippen LogP contribution in [-0.4, -0.2) is 42.4 Å². The molecule has 1 saturated heterocycles. The zero-order valence-electron chi connectivity index (χ0n) is 12.2. The van der Waals surface area contributed by atoms with Crippen molar-refractivity contribution >= 4 is 23.2 Å². The van der Waals surface area contributed by atoms with Gasteiger partial charge in [-0.05, 0) is 37.7 Å². The zero-order chi connectivity index (χ0) is 15.0. The topological polar surface area (TPSA) is 75.4 Å². The van der Waals surface area contributed by atoms with Crippen molar-refractivity contribution in [2.75, 3.05) is 13.6 Å². The highest BCUT2D eigenvalue weighted by atomic mass is 32.1. The van der Waals surface area contributed by atoms with Crippen LogP contribution < -0.4 is 11.1 Å². The predicted octanol–water partition coefficient (Wildman–Crippen LogP) is 0.915. The van der Waals surface area contributed by atoms with Crippen LogP contribution in [0, 0.1) is 0 Å². The van der Waals surface area contributed by atoms with Gasteiger partial charge in [-0.25, -0.2) is 0 Å². The first-order valence-corrected chi connectivity index (χ1v) is 8.37. The molecule has 3 rings (SSSR count). The SMILES string of the molecule is CNC(=O)[C@@H]1C[C@H](N)CN1C(=O)c1csc2c1CCCC2. The lowest BCUT2D eigenvalue weighted by Crippen LogP contribution is -2.45. The Morgan fingerprint density at radius 1 is 1.38 bits per heavy atom. The fourth-order valence-corrected chi connectivity index (χ4v) is 4.46. The smallest absolute Gasteiger partial charge is 0.255 e. The second-order valence-corrected chi connectivity index (χ2v) is 6.81. The van der Waals surface area contributed by atoms with E-state index in [1.165, 1.54) is 16.9 Å². The number of rotatable bonds is 2. The van der Waals surface area contributed by atoms with Crippen LogP contribution in [0.15, 0.2) is 5.38 Å². The molecule has 1 fully saturated rings. The van der Waals surface area contributed by atoms with Crippen LogP contribution >= 0.6 is 11.3 Å². The number of likely N-dealkylation sites (tertiary alicyclic amines) is 1. The first-order chi connectivity index (χ1) is 10.1. The third-order valence-corrected chi connectivity index (χ3v) is 5.52. The minimum atomic E-state index is -0.434. The third-order valence-electron chi connectivity index (χ3n) is 4.44. The van der Waals surface area contributed by atoms with Gasteiger partial charge in [0.25, 0.3) is 5.91 Å². The van der Waals surface area contributed by atoms with Crippen molar-refractivity contribution in [1.29, 1.82) is 0 Å². The molecule has 2 heterocycles. The van der Waals surface area contributed by atoms with Crippen molar-refractivity contribution in [3.8, 4) is 0 Å². The Morgan fingerprint density at radius 3 is 2.90 bits per heavy atom. The molecule has 21 heavy (non-hydrogen) atoms. The largest absolute Gasteiger partial charge is 0.357 e. The van der Waals surface area contributed by atoms with Crippen LogP contribution in [0.5, 0.6) is 0 Å². The first-order valence-electron chi connectivity index (χ1n) is 7.49. The Hall–Kier alpha value is -1.40. The quantitative estimate of drug-likeness (QED) is 0.853. The number of nitrogens with one attached hydrogen (secondary N) is 1. The molecular weight excluding hydrogens is 286 g/mol. The van der Waals surface area contributed by atoms with Gasteiger partial charge in [0.1, 0.15) is 6.04 Å². The maximum Gasteiger partial charge on any atom is 0.255 e. The summed E-state index contributed by atoms with van der Waals surface area (Å²) in [5.41, 5.74) is 7.96. The Kier molecular flexibility index (Phi) is 3.99. The van der Waals surface area contributed by atoms with Gasteiger partial charge in [-0.2, -0.15) is 0 Å². The van der Waals surface area contributed by atoms with E-state index in [1.807, 2.05) is 5.38 Å². The van der Waals surface area contributed by atoms with E-state index < -0.39 is 6.04 Å². The molecular formula is C15H21N3O2S. The summed E-state index contributed by atoms with van der Waals surface area (Å²) < 4.78 is 0. The minimum Gasteiger partial charge on any atom is -0.357 e. The van der Waals surface area contributed by atoms with Gasteiger partial charge in [0, 0.05) is 29.9 Å². The summed E-state index contributed by atoms with van der Waals surface area (Å²) in [6.45, 7) is 0.460. The molecule has 0 aromatic carbocycles. The first kappa shape index (κ1) is 14.5. The fourth-order valence-electron chi connectivity index (χ4n) is 3.34. The number of hydrogen-bond donors (Lipinski definition) is 2. The second kappa shape index (κ2) is 5.77. The second-order valence-electron chi connectivity index (χ2n) is 5.84. The summed E-state index contributed by atoms with van der Waals surface area (Å²) in [4.78, 5) is 27.8. The molecule has 5 nitrogen and oxygen atoms in total. The summed E-state index contributed by atoms with van der Waals surface area (Å²) in [6.07, 6.45) is 4.94. The lowest BCUT2D eigenvalue weighted by Gasteiger charge is -2.24. The van der Waals surface area contributed by atoms with Gasteiger partial charge in [-0.3, -0.25) is 9.59 Å². The molecule has 0 spiro atoms. The maximum atomic E-state index is 12.9. The number of nitrogens with two attached hydrogens (primary N) is 1. The lowest BCUT2D eigenvalue weighted by atomic mass is 9.95. The van der Waals surface area contributed by atoms with Crippen molar-refractivity contribution in [3.05, 3.63) is 21.4 Å². The highest BCUT2D eigenvalue weighted by Gasteiger charge is 2.39. The monoisotopic (exact) mass is 307 g/mol. The van der Waals surface area contributed by atoms with E-state index in [9.17, 15) is 9.59 Å². The number of likely N-dealkylation sites (N-methyl/N-ethyl adjacent to an activating group) is 1. The fraction of sp³-hybridized carbons (Fsp3) is 0.600. The zero-order valence-corrected chi connectivity index (χ0v) is 13.0. The average Bonchev–Trinajstić information content (AvgIpc) is 3.09. The van der Waals surface area contributed by atoms with Crippen molar-refractivity contribution in [1.82, 2.24) is 10.2 Å². The summed E-state index contributed by atoms with van der Waals surface area (Å²) in [5, 5.41) is 4.60. The standard InChI is InChI=1S/C15H21N3O2S/c1-17-14(19)12-6-9(16)7-18(12)15(20)11-8-21-13-5-3-2-4-10(11)13/h8-9,12H,2-7,16H2,1H3,(H,17,19)/t9-,12-/m0/s1. The van der Waals surface area contributed by atoms with Crippen LogP contribution in [0.1, 0.15) is 40.1 Å². The van der Waals surface area contributed by atoms with Crippen molar-refractivity contribution in [3.63, 3.8) is 0 Å². The summed E-state index contributed by atoms with van der Waals surface area (Å²) in [5.74, 6) is -0.156. The van der Waals surface area contributed by atoms with Gasteiger partial charge in [-0.1, -0.05) is 0 Å². The van der Waals surface area contributed by atoms with Gasteiger partial charge in [-0.15, -0.1) is 11.3 Å². The Morgan fingerprint density at radius 2 is 2.14 bits per heavy atom. The average molecular weight is 307 g/mol.